The lowest BCUT2D eigenvalue weighted by Crippen LogP contribution is -2.51. The van der Waals surface area contributed by atoms with Crippen LogP contribution in [0.15, 0.2) is 35.3 Å². The molecule has 0 radical (unpaired) electrons. The van der Waals surface area contributed by atoms with Crippen molar-refractivity contribution in [3.8, 4) is 0 Å². The van der Waals surface area contributed by atoms with Gasteiger partial charge in [0.05, 0.1) is 13.2 Å². The van der Waals surface area contributed by atoms with Crippen LogP contribution in [0, 0.1) is 5.92 Å². The summed E-state index contributed by atoms with van der Waals surface area (Å²) in [6.07, 6.45) is 4.54. The number of rotatable bonds is 9. The van der Waals surface area contributed by atoms with Gasteiger partial charge in [-0.2, -0.15) is 0 Å². The molecule has 1 aromatic carbocycles. The number of aliphatic imine (C=N–C) groups is 1. The van der Waals surface area contributed by atoms with Crippen molar-refractivity contribution in [1.29, 1.82) is 0 Å². The van der Waals surface area contributed by atoms with Crippen LogP contribution in [0.5, 0.6) is 0 Å². The molecule has 0 saturated carbocycles. The maximum Gasteiger partial charge on any atom is 0.191 e. The highest BCUT2D eigenvalue weighted by atomic mass is 127. The van der Waals surface area contributed by atoms with Crippen molar-refractivity contribution in [2.24, 2.45) is 10.9 Å². The van der Waals surface area contributed by atoms with Crippen LogP contribution in [0.2, 0.25) is 0 Å². The summed E-state index contributed by atoms with van der Waals surface area (Å²) >= 11 is 0. The minimum atomic E-state index is 0. The van der Waals surface area contributed by atoms with Crippen molar-refractivity contribution < 1.29 is 9.47 Å². The molecule has 2 unspecified atom stereocenters. The zero-order valence-electron chi connectivity index (χ0n) is 17.6. The van der Waals surface area contributed by atoms with Gasteiger partial charge in [-0.25, -0.2) is 0 Å². The van der Waals surface area contributed by atoms with Crippen LogP contribution < -0.4 is 10.6 Å². The number of benzene rings is 1. The molecule has 7 heteroatoms. The Kier molecular flexibility index (Phi) is 11.9. The third kappa shape index (κ3) is 9.19. The van der Waals surface area contributed by atoms with Gasteiger partial charge in [-0.1, -0.05) is 30.3 Å². The molecule has 2 heterocycles. The second-order valence-corrected chi connectivity index (χ2v) is 7.86. The number of hydrogen-bond acceptors (Lipinski definition) is 4. The number of nitrogens with zero attached hydrogens (tertiary/aromatic N) is 2. The number of guanidine groups is 1. The number of ether oxygens (including phenoxy) is 2. The third-order valence-electron chi connectivity index (χ3n) is 5.45. The monoisotopic (exact) mass is 516 g/mol. The Hall–Kier alpha value is -0.900. The van der Waals surface area contributed by atoms with E-state index in [1.165, 1.54) is 24.9 Å². The molecule has 6 nitrogen and oxygen atoms in total. The Morgan fingerprint density at radius 2 is 2.14 bits per heavy atom. The van der Waals surface area contributed by atoms with E-state index in [1.807, 2.05) is 7.05 Å². The van der Waals surface area contributed by atoms with E-state index in [9.17, 15) is 0 Å². The molecule has 2 atom stereocenters. The Bertz CT molecular complexity index is 581. The zero-order valence-corrected chi connectivity index (χ0v) is 20.0. The standard InChI is InChI=1S/C22H36N4O2.HI/c1-23-22(24-11-6-13-27-17-20-10-14-28-18-20)25-21-9-5-12-26(16-21)15-19-7-3-2-4-8-19;/h2-4,7-8,20-21H,5-6,9-18H2,1H3,(H2,23,24,25);1H. The quantitative estimate of drug-likeness (QED) is 0.229. The summed E-state index contributed by atoms with van der Waals surface area (Å²) < 4.78 is 11.1. The molecule has 1 aromatic rings. The van der Waals surface area contributed by atoms with Crippen LogP contribution in [0.4, 0.5) is 0 Å². The van der Waals surface area contributed by atoms with Crippen molar-refractivity contribution >= 4 is 29.9 Å². The third-order valence-corrected chi connectivity index (χ3v) is 5.45. The lowest BCUT2D eigenvalue weighted by Gasteiger charge is -2.34. The molecule has 0 aliphatic carbocycles. The summed E-state index contributed by atoms with van der Waals surface area (Å²) in [5, 5.41) is 7.02. The number of nitrogens with one attached hydrogen (secondary N) is 2. The highest BCUT2D eigenvalue weighted by molar-refractivity contribution is 14.0. The van der Waals surface area contributed by atoms with Gasteiger partial charge in [0.25, 0.3) is 0 Å². The zero-order chi connectivity index (χ0) is 19.4. The van der Waals surface area contributed by atoms with E-state index in [4.69, 9.17) is 9.47 Å². The molecule has 0 bridgehead atoms. The number of halogens is 1. The molecule has 2 saturated heterocycles. The molecular formula is C22H37IN4O2. The molecule has 2 aliphatic heterocycles. The number of likely N-dealkylation sites (tertiary alicyclic amines) is 1. The summed E-state index contributed by atoms with van der Waals surface area (Å²) in [6, 6.07) is 11.2. The Morgan fingerprint density at radius 3 is 2.90 bits per heavy atom. The first-order chi connectivity index (χ1) is 13.8. The molecule has 164 valence electrons. The normalized spacial score (nSPS) is 22.9. The van der Waals surface area contributed by atoms with E-state index < -0.39 is 0 Å². The topological polar surface area (TPSA) is 58.1 Å². The lowest BCUT2D eigenvalue weighted by molar-refractivity contribution is 0.0888. The summed E-state index contributed by atoms with van der Waals surface area (Å²) in [6.45, 7) is 7.49. The SMILES string of the molecule is CN=C(NCCCOCC1CCOC1)NC1CCCN(Cc2ccccc2)C1.I. The summed E-state index contributed by atoms with van der Waals surface area (Å²) in [5.74, 6) is 1.49. The molecule has 0 amide bonds. The summed E-state index contributed by atoms with van der Waals surface area (Å²) in [4.78, 5) is 6.92. The minimum absolute atomic E-state index is 0. The maximum absolute atomic E-state index is 5.77. The van der Waals surface area contributed by atoms with Crippen molar-refractivity contribution in [3.63, 3.8) is 0 Å². The Morgan fingerprint density at radius 1 is 1.28 bits per heavy atom. The van der Waals surface area contributed by atoms with E-state index in [0.717, 1.165) is 64.9 Å². The van der Waals surface area contributed by atoms with Crippen molar-refractivity contribution in [1.82, 2.24) is 15.5 Å². The fraction of sp³-hybridized carbons (Fsp3) is 0.682. The van der Waals surface area contributed by atoms with Gasteiger partial charge in [0.1, 0.15) is 0 Å². The fourth-order valence-corrected chi connectivity index (χ4v) is 3.89. The molecular weight excluding hydrogens is 479 g/mol. The predicted octanol–water partition coefficient (Wildman–Crippen LogP) is 2.88. The first-order valence-corrected chi connectivity index (χ1v) is 10.7. The van der Waals surface area contributed by atoms with E-state index in [2.05, 4.69) is 50.9 Å². The molecule has 2 aliphatic rings. The first kappa shape index (κ1) is 24.4. The second-order valence-electron chi connectivity index (χ2n) is 7.86. The van der Waals surface area contributed by atoms with E-state index >= 15 is 0 Å². The van der Waals surface area contributed by atoms with Crippen LogP contribution in [0.3, 0.4) is 0 Å². The van der Waals surface area contributed by atoms with Crippen LogP contribution in [0.25, 0.3) is 0 Å². The van der Waals surface area contributed by atoms with Crippen molar-refractivity contribution in [2.45, 2.75) is 38.3 Å². The second kappa shape index (κ2) is 14.2. The molecule has 0 aromatic heterocycles. The van der Waals surface area contributed by atoms with Gasteiger partial charge >= 0.3 is 0 Å². The Balaban J connectivity index is 0.00000300. The average Bonchev–Trinajstić information content (AvgIpc) is 3.24. The first-order valence-electron chi connectivity index (χ1n) is 10.7. The van der Waals surface area contributed by atoms with Gasteiger partial charge in [0, 0.05) is 51.9 Å². The molecule has 3 rings (SSSR count). The van der Waals surface area contributed by atoms with Gasteiger partial charge in [-0.05, 0) is 37.8 Å². The largest absolute Gasteiger partial charge is 0.381 e. The Labute approximate surface area is 192 Å². The number of piperidine rings is 1. The maximum atomic E-state index is 5.77. The van der Waals surface area contributed by atoms with Gasteiger partial charge in [0.2, 0.25) is 0 Å². The van der Waals surface area contributed by atoms with E-state index in [-0.39, 0.29) is 24.0 Å². The van der Waals surface area contributed by atoms with E-state index in [0.29, 0.717) is 12.0 Å². The number of hydrogen-bond donors (Lipinski definition) is 2. The van der Waals surface area contributed by atoms with Crippen LogP contribution >= 0.6 is 24.0 Å². The summed E-state index contributed by atoms with van der Waals surface area (Å²) in [7, 11) is 1.84. The van der Waals surface area contributed by atoms with Crippen LogP contribution in [0.1, 0.15) is 31.2 Å². The van der Waals surface area contributed by atoms with Crippen LogP contribution in [-0.2, 0) is 16.0 Å². The van der Waals surface area contributed by atoms with Crippen molar-refractivity contribution in [2.75, 3.05) is 53.1 Å². The predicted molar refractivity (Wildman–Crippen MR) is 129 cm³/mol. The molecule has 0 spiro atoms. The van der Waals surface area contributed by atoms with Gasteiger partial charge < -0.3 is 20.1 Å². The molecule has 2 fully saturated rings. The fourth-order valence-electron chi connectivity index (χ4n) is 3.89. The van der Waals surface area contributed by atoms with Gasteiger partial charge in [0.15, 0.2) is 5.96 Å². The lowest BCUT2D eigenvalue weighted by atomic mass is 10.0. The molecule has 29 heavy (non-hydrogen) atoms. The molecule has 2 N–H and O–H groups in total. The van der Waals surface area contributed by atoms with Crippen molar-refractivity contribution in [3.05, 3.63) is 35.9 Å². The van der Waals surface area contributed by atoms with E-state index in [1.54, 1.807) is 0 Å². The highest BCUT2D eigenvalue weighted by Crippen LogP contribution is 2.14. The van der Waals surface area contributed by atoms with Gasteiger partial charge in [-0.15, -0.1) is 24.0 Å². The van der Waals surface area contributed by atoms with Gasteiger partial charge in [-0.3, -0.25) is 9.89 Å². The average molecular weight is 516 g/mol. The summed E-state index contributed by atoms with van der Waals surface area (Å²) in [5.41, 5.74) is 1.38. The highest BCUT2D eigenvalue weighted by Gasteiger charge is 2.20. The van der Waals surface area contributed by atoms with Crippen LogP contribution in [-0.4, -0.2) is 70.0 Å². The minimum Gasteiger partial charge on any atom is -0.381 e. The smallest absolute Gasteiger partial charge is 0.191 e.